The van der Waals surface area contributed by atoms with Gasteiger partial charge in [-0.3, -0.25) is 4.79 Å². The third-order valence-electron chi connectivity index (χ3n) is 3.81. The van der Waals surface area contributed by atoms with Crippen molar-refractivity contribution in [1.82, 2.24) is 10.6 Å². The number of hydrogen-bond donors (Lipinski definition) is 2. The Kier molecular flexibility index (Phi) is 6.18. The van der Waals surface area contributed by atoms with Gasteiger partial charge in [-0.2, -0.15) is 0 Å². The summed E-state index contributed by atoms with van der Waals surface area (Å²) in [5.74, 6) is 0.911. The normalized spacial score (nSPS) is 11.8. The molecule has 1 atom stereocenters. The van der Waals surface area contributed by atoms with E-state index in [0.29, 0.717) is 13.0 Å². The van der Waals surface area contributed by atoms with Crippen LogP contribution in [0.25, 0.3) is 11.1 Å². The molecule has 2 aromatic rings. The molecule has 0 bridgehead atoms. The van der Waals surface area contributed by atoms with E-state index in [1.165, 1.54) is 0 Å². The molecule has 4 heteroatoms. The summed E-state index contributed by atoms with van der Waals surface area (Å²) in [5, 5.41) is 5.98. The first kappa shape index (κ1) is 17.0. The summed E-state index contributed by atoms with van der Waals surface area (Å²) in [6.07, 6.45) is 0.486. The van der Waals surface area contributed by atoms with Crippen LogP contribution >= 0.6 is 0 Å². The Labute approximate surface area is 137 Å². The molecular formula is C19H24N2O2. The monoisotopic (exact) mass is 312 g/mol. The van der Waals surface area contributed by atoms with E-state index in [1.807, 2.05) is 50.4 Å². The second-order valence-electron chi connectivity index (χ2n) is 5.47. The van der Waals surface area contributed by atoms with Crippen molar-refractivity contribution in [3.63, 3.8) is 0 Å². The second-order valence-corrected chi connectivity index (χ2v) is 5.47. The summed E-state index contributed by atoms with van der Waals surface area (Å²) in [5.41, 5.74) is 3.24. The molecule has 0 aliphatic rings. The first-order valence-corrected chi connectivity index (χ1v) is 7.83. The standard InChI is InChI=1S/C19H24N2O2/c1-14(21-19(22)12-13-20-2)15-8-10-16(11-9-15)17-6-4-5-7-18(17)23-3/h4-11,14,20H,12-13H2,1-3H3,(H,21,22). The van der Waals surface area contributed by atoms with E-state index in [1.54, 1.807) is 7.11 Å². The molecule has 2 aromatic carbocycles. The van der Waals surface area contributed by atoms with Crippen LogP contribution in [0.4, 0.5) is 0 Å². The lowest BCUT2D eigenvalue weighted by molar-refractivity contribution is -0.121. The molecule has 0 radical (unpaired) electrons. The first-order chi connectivity index (χ1) is 11.2. The molecule has 0 heterocycles. The fraction of sp³-hybridized carbons (Fsp3) is 0.316. The van der Waals surface area contributed by atoms with Crippen LogP contribution in [0, 0.1) is 0 Å². The summed E-state index contributed by atoms with van der Waals surface area (Å²) >= 11 is 0. The molecule has 2 rings (SSSR count). The summed E-state index contributed by atoms with van der Waals surface area (Å²) in [6.45, 7) is 2.68. The minimum Gasteiger partial charge on any atom is -0.496 e. The Morgan fingerprint density at radius 3 is 2.48 bits per heavy atom. The Morgan fingerprint density at radius 1 is 1.13 bits per heavy atom. The molecule has 0 saturated heterocycles. The van der Waals surface area contributed by atoms with E-state index < -0.39 is 0 Å². The van der Waals surface area contributed by atoms with Crippen LogP contribution in [0.1, 0.15) is 24.9 Å². The number of methoxy groups -OCH3 is 1. The lowest BCUT2D eigenvalue weighted by Gasteiger charge is -2.15. The van der Waals surface area contributed by atoms with Gasteiger partial charge in [0.25, 0.3) is 0 Å². The van der Waals surface area contributed by atoms with Crippen LogP contribution in [-0.2, 0) is 4.79 Å². The minimum absolute atomic E-state index is 0.00826. The highest BCUT2D eigenvalue weighted by Crippen LogP contribution is 2.30. The van der Waals surface area contributed by atoms with Gasteiger partial charge in [0.15, 0.2) is 0 Å². The number of carbonyl (C=O) groups is 1. The van der Waals surface area contributed by atoms with Crippen molar-refractivity contribution < 1.29 is 9.53 Å². The first-order valence-electron chi connectivity index (χ1n) is 7.83. The topological polar surface area (TPSA) is 50.4 Å². The third kappa shape index (κ3) is 4.57. The average molecular weight is 312 g/mol. The van der Waals surface area contributed by atoms with E-state index in [9.17, 15) is 4.79 Å². The minimum atomic E-state index is -0.00826. The van der Waals surface area contributed by atoms with E-state index in [0.717, 1.165) is 22.4 Å². The number of nitrogens with one attached hydrogen (secondary N) is 2. The van der Waals surface area contributed by atoms with Crippen molar-refractivity contribution in [3.8, 4) is 16.9 Å². The predicted molar refractivity (Wildman–Crippen MR) is 93.5 cm³/mol. The summed E-state index contributed by atoms with van der Waals surface area (Å²) in [4.78, 5) is 11.8. The van der Waals surface area contributed by atoms with Gasteiger partial charge >= 0.3 is 0 Å². The summed E-state index contributed by atoms with van der Waals surface area (Å²) in [6, 6.07) is 16.1. The zero-order chi connectivity index (χ0) is 16.7. The highest BCUT2D eigenvalue weighted by molar-refractivity contribution is 5.76. The van der Waals surface area contributed by atoms with Gasteiger partial charge in [-0.1, -0.05) is 42.5 Å². The van der Waals surface area contributed by atoms with Crippen molar-refractivity contribution in [3.05, 3.63) is 54.1 Å². The Bertz CT molecular complexity index is 638. The lowest BCUT2D eigenvalue weighted by atomic mass is 10.0. The fourth-order valence-electron chi connectivity index (χ4n) is 2.47. The number of hydrogen-bond acceptors (Lipinski definition) is 3. The molecule has 0 aliphatic heterocycles. The molecule has 1 amide bonds. The molecule has 0 spiro atoms. The van der Waals surface area contributed by atoms with Crippen molar-refractivity contribution >= 4 is 5.91 Å². The smallest absolute Gasteiger partial charge is 0.221 e. The van der Waals surface area contributed by atoms with Crippen LogP contribution in [0.2, 0.25) is 0 Å². The van der Waals surface area contributed by atoms with Crippen LogP contribution in [0.3, 0.4) is 0 Å². The molecule has 0 fully saturated rings. The number of amides is 1. The molecule has 1 unspecified atom stereocenters. The van der Waals surface area contributed by atoms with Crippen LogP contribution in [-0.4, -0.2) is 26.6 Å². The third-order valence-corrected chi connectivity index (χ3v) is 3.81. The number of carbonyl (C=O) groups excluding carboxylic acids is 1. The van der Waals surface area contributed by atoms with Crippen molar-refractivity contribution in [2.45, 2.75) is 19.4 Å². The van der Waals surface area contributed by atoms with Gasteiger partial charge in [-0.25, -0.2) is 0 Å². The van der Waals surface area contributed by atoms with Crippen molar-refractivity contribution in [1.29, 1.82) is 0 Å². The maximum atomic E-state index is 11.8. The Hall–Kier alpha value is -2.33. The maximum Gasteiger partial charge on any atom is 0.221 e. The summed E-state index contributed by atoms with van der Waals surface area (Å²) < 4.78 is 5.40. The Balaban J connectivity index is 2.08. The van der Waals surface area contributed by atoms with E-state index in [-0.39, 0.29) is 11.9 Å². The number of ether oxygens (including phenoxy) is 1. The molecule has 0 aromatic heterocycles. The largest absolute Gasteiger partial charge is 0.496 e. The SMILES string of the molecule is CNCCC(=O)NC(C)c1ccc(-c2ccccc2OC)cc1. The van der Waals surface area contributed by atoms with Gasteiger partial charge in [0, 0.05) is 18.5 Å². The molecule has 0 aliphatic carbocycles. The molecule has 0 saturated carbocycles. The fourth-order valence-corrected chi connectivity index (χ4v) is 2.47. The lowest BCUT2D eigenvalue weighted by Crippen LogP contribution is -2.29. The Morgan fingerprint density at radius 2 is 1.83 bits per heavy atom. The van der Waals surface area contributed by atoms with E-state index >= 15 is 0 Å². The summed E-state index contributed by atoms with van der Waals surface area (Å²) in [7, 11) is 3.52. The highest BCUT2D eigenvalue weighted by atomic mass is 16.5. The molecule has 4 nitrogen and oxygen atoms in total. The van der Waals surface area contributed by atoms with Crippen LogP contribution < -0.4 is 15.4 Å². The van der Waals surface area contributed by atoms with Gasteiger partial charge in [0.1, 0.15) is 5.75 Å². The number of benzene rings is 2. The van der Waals surface area contributed by atoms with E-state index in [2.05, 4.69) is 22.8 Å². The van der Waals surface area contributed by atoms with Crippen LogP contribution in [0.5, 0.6) is 5.75 Å². The van der Waals surface area contributed by atoms with Gasteiger partial charge in [0.05, 0.1) is 13.2 Å². The average Bonchev–Trinajstić information content (AvgIpc) is 2.60. The van der Waals surface area contributed by atoms with Crippen molar-refractivity contribution in [2.24, 2.45) is 0 Å². The number of rotatable bonds is 7. The zero-order valence-electron chi connectivity index (χ0n) is 13.9. The molecule has 122 valence electrons. The molecule has 2 N–H and O–H groups in total. The van der Waals surface area contributed by atoms with Gasteiger partial charge in [-0.15, -0.1) is 0 Å². The quantitative estimate of drug-likeness (QED) is 0.826. The van der Waals surface area contributed by atoms with Gasteiger partial charge in [-0.05, 0) is 31.2 Å². The van der Waals surface area contributed by atoms with Crippen LogP contribution in [0.15, 0.2) is 48.5 Å². The highest BCUT2D eigenvalue weighted by Gasteiger charge is 2.10. The van der Waals surface area contributed by atoms with E-state index in [4.69, 9.17) is 4.74 Å². The molecular weight excluding hydrogens is 288 g/mol. The van der Waals surface area contributed by atoms with Crippen molar-refractivity contribution in [2.75, 3.05) is 20.7 Å². The maximum absolute atomic E-state index is 11.8. The zero-order valence-corrected chi connectivity index (χ0v) is 13.9. The predicted octanol–water partition coefficient (Wildman–Crippen LogP) is 3.15. The van der Waals surface area contributed by atoms with Gasteiger partial charge in [0.2, 0.25) is 5.91 Å². The number of para-hydroxylation sites is 1. The second kappa shape index (κ2) is 8.34. The van der Waals surface area contributed by atoms with Gasteiger partial charge < -0.3 is 15.4 Å². The molecule has 23 heavy (non-hydrogen) atoms.